The molecule has 2 atom stereocenters. The van der Waals surface area contributed by atoms with Gasteiger partial charge in [0.1, 0.15) is 12.6 Å². The van der Waals surface area contributed by atoms with E-state index in [4.69, 9.17) is 14.2 Å². The van der Waals surface area contributed by atoms with Gasteiger partial charge in [-0.05, 0) is 64.2 Å². The molecule has 0 fully saturated rings. The van der Waals surface area contributed by atoms with E-state index in [1.165, 1.54) is 141 Å². The lowest BCUT2D eigenvalue weighted by Crippen LogP contribution is -2.55. The molecule has 0 aliphatic rings. The van der Waals surface area contributed by atoms with Crippen molar-refractivity contribution in [3.8, 4) is 0 Å². The molecule has 0 aromatic heterocycles. The average Bonchev–Trinajstić information content (AvgIpc) is 3.22. The Kier molecular flexibility index (Phi) is 42.4. The van der Waals surface area contributed by atoms with Gasteiger partial charge in [0.2, 0.25) is 0 Å². The Labute approximate surface area is 376 Å². The molecule has 8 heteroatoms. The predicted octanol–water partition coefficient (Wildman–Crippen LogP) is 13.3. The van der Waals surface area contributed by atoms with E-state index in [9.17, 15) is 19.5 Å². The summed E-state index contributed by atoms with van der Waals surface area (Å²) in [4.78, 5) is 37.0. The van der Waals surface area contributed by atoms with Crippen LogP contribution in [0.1, 0.15) is 232 Å². The molecular formula is C53H97NO7. The first kappa shape index (κ1) is 58.6. The zero-order valence-corrected chi connectivity index (χ0v) is 40.6. The molecule has 0 heterocycles. The fraction of sp³-hybridized carbons (Fsp3) is 0.830. The van der Waals surface area contributed by atoms with Gasteiger partial charge in [-0.3, -0.25) is 9.59 Å². The van der Waals surface area contributed by atoms with Crippen molar-refractivity contribution in [2.45, 2.75) is 244 Å². The third-order valence-electron chi connectivity index (χ3n) is 11.5. The second-order valence-electron chi connectivity index (χ2n) is 18.4. The number of hydrogen-bond acceptors (Lipinski definition) is 7. The maximum absolute atomic E-state index is 12.7. The van der Waals surface area contributed by atoms with Crippen LogP contribution in [0, 0.1) is 0 Å². The number of ether oxygens (including phenoxy) is 3. The SMILES string of the molecule is CCCCC/C=C/C=C/CCCCCCCCC(=O)OC(COCCC(C(=O)[O-])[N+](C)(C)C)COC(=O)CCCCCCCCC/C=C/CCCCCCCCCCCCC. The third-order valence-corrected chi connectivity index (χ3v) is 11.5. The van der Waals surface area contributed by atoms with E-state index in [-0.39, 0.29) is 42.7 Å². The van der Waals surface area contributed by atoms with Crippen LogP contribution in [0.15, 0.2) is 36.5 Å². The minimum Gasteiger partial charge on any atom is -0.544 e. The molecule has 0 amide bonds. The number of esters is 2. The van der Waals surface area contributed by atoms with Crippen molar-refractivity contribution in [3.05, 3.63) is 36.5 Å². The maximum Gasteiger partial charge on any atom is 0.306 e. The summed E-state index contributed by atoms with van der Waals surface area (Å²) in [7, 11) is 5.41. The van der Waals surface area contributed by atoms with Crippen LogP contribution < -0.4 is 5.11 Å². The van der Waals surface area contributed by atoms with Crippen LogP contribution in [0.3, 0.4) is 0 Å². The highest BCUT2D eigenvalue weighted by Gasteiger charge is 2.25. The van der Waals surface area contributed by atoms with Gasteiger partial charge in [-0.25, -0.2) is 0 Å². The topological polar surface area (TPSA) is 102 Å². The highest BCUT2D eigenvalue weighted by molar-refractivity contribution is 5.70. The van der Waals surface area contributed by atoms with Gasteiger partial charge in [0.25, 0.3) is 0 Å². The van der Waals surface area contributed by atoms with Crippen molar-refractivity contribution in [2.75, 3.05) is 41.0 Å². The summed E-state index contributed by atoms with van der Waals surface area (Å²) in [5.74, 6) is -1.75. The van der Waals surface area contributed by atoms with Crippen molar-refractivity contribution in [1.29, 1.82) is 0 Å². The van der Waals surface area contributed by atoms with Crippen molar-refractivity contribution < 1.29 is 38.2 Å². The summed E-state index contributed by atoms with van der Waals surface area (Å²) in [6.45, 7) is 4.64. The molecule has 0 aliphatic heterocycles. The van der Waals surface area contributed by atoms with Crippen LogP contribution in [0.25, 0.3) is 0 Å². The van der Waals surface area contributed by atoms with Crippen LogP contribution in [0.5, 0.6) is 0 Å². The van der Waals surface area contributed by atoms with Crippen molar-refractivity contribution in [2.24, 2.45) is 0 Å². The molecule has 0 saturated carbocycles. The molecule has 0 N–H and O–H groups in total. The highest BCUT2D eigenvalue weighted by Crippen LogP contribution is 2.15. The van der Waals surface area contributed by atoms with E-state index in [1.54, 1.807) is 21.1 Å². The first-order valence-electron chi connectivity index (χ1n) is 25.5. The number of carboxylic acid groups (broad SMARTS) is 1. The van der Waals surface area contributed by atoms with E-state index in [2.05, 4.69) is 50.3 Å². The Morgan fingerprint density at radius 3 is 1.31 bits per heavy atom. The van der Waals surface area contributed by atoms with E-state index >= 15 is 0 Å². The fourth-order valence-corrected chi connectivity index (χ4v) is 7.53. The Hall–Kier alpha value is -2.45. The minimum absolute atomic E-state index is 0.0359. The van der Waals surface area contributed by atoms with Crippen LogP contribution in [-0.4, -0.2) is 75.5 Å². The van der Waals surface area contributed by atoms with Gasteiger partial charge < -0.3 is 28.6 Å². The molecule has 0 bridgehead atoms. The Bertz CT molecular complexity index is 1090. The number of allylic oxidation sites excluding steroid dienone is 6. The van der Waals surface area contributed by atoms with Crippen LogP contribution >= 0.6 is 0 Å². The molecule has 8 nitrogen and oxygen atoms in total. The number of carbonyl (C=O) groups is 3. The summed E-state index contributed by atoms with van der Waals surface area (Å²) < 4.78 is 17.2. The second-order valence-corrected chi connectivity index (χ2v) is 18.4. The van der Waals surface area contributed by atoms with E-state index in [1.807, 2.05) is 0 Å². The van der Waals surface area contributed by atoms with Gasteiger partial charge >= 0.3 is 11.9 Å². The van der Waals surface area contributed by atoms with E-state index in [0.29, 0.717) is 12.8 Å². The van der Waals surface area contributed by atoms with E-state index in [0.717, 1.165) is 57.8 Å². The first-order valence-corrected chi connectivity index (χ1v) is 25.5. The standard InChI is InChI=1S/C53H97NO7/c1-6-8-10-12-14-16-18-20-22-23-24-25-26-27-28-30-31-33-35-37-39-41-43-51(55)60-48-49(47-59-46-45-50(53(57)58)54(3,4)5)61-52(56)44-42-40-38-36-34-32-29-21-19-17-15-13-11-9-7-2/h15,17,19,21,26-27,49-50H,6-14,16,18,20,22-25,28-48H2,1-5H3/b17-15+,21-19+,27-26+. The summed E-state index contributed by atoms with van der Waals surface area (Å²) in [5.41, 5.74) is 0. The molecule has 0 aromatic rings. The van der Waals surface area contributed by atoms with E-state index < -0.39 is 18.1 Å². The number of carbonyl (C=O) groups excluding carboxylic acids is 3. The molecule has 0 aromatic carbocycles. The van der Waals surface area contributed by atoms with Crippen molar-refractivity contribution >= 4 is 17.9 Å². The summed E-state index contributed by atoms with van der Waals surface area (Å²) in [5, 5.41) is 11.7. The number of likely N-dealkylation sites (N-methyl/N-ethyl adjacent to an activating group) is 1. The van der Waals surface area contributed by atoms with Gasteiger partial charge in [-0.15, -0.1) is 0 Å². The number of hydrogen-bond donors (Lipinski definition) is 0. The molecule has 0 saturated heterocycles. The summed E-state index contributed by atoms with van der Waals surface area (Å²) in [6, 6.07) is -0.728. The lowest BCUT2D eigenvalue weighted by atomic mass is 10.0. The van der Waals surface area contributed by atoms with Gasteiger partial charge in [-0.1, -0.05) is 185 Å². The van der Waals surface area contributed by atoms with Gasteiger partial charge in [0, 0.05) is 19.3 Å². The number of carboxylic acids is 1. The Morgan fingerprint density at radius 1 is 0.492 bits per heavy atom. The normalized spacial score (nSPS) is 13.1. The first-order chi connectivity index (χ1) is 29.6. The number of unbranched alkanes of at least 4 members (excludes halogenated alkanes) is 27. The monoisotopic (exact) mass is 860 g/mol. The van der Waals surface area contributed by atoms with Crippen LogP contribution in [0.4, 0.5) is 0 Å². The Balaban J connectivity index is 4.22. The third kappa shape index (κ3) is 42.6. The molecule has 61 heavy (non-hydrogen) atoms. The van der Waals surface area contributed by atoms with Crippen molar-refractivity contribution in [1.82, 2.24) is 0 Å². The lowest BCUT2D eigenvalue weighted by Gasteiger charge is -2.34. The summed E-state index contributed by atoms with van der Waals surface area (Å²) in [6.07, 6.45) is 51.7. The molecule has 0 aliphatic carbocycles. The molecule has 0 spiro atoms. The van der Waals surface area contributed by atoms with Crippen LogP contribution in [0.2, 0.25) is 0 Å². The quantitative estimate of drug-likeness (QED) is 0.0197. The van der Waals surface area contributed by atoms with Gasteiger partial charge in [0.15, 0.2) is 6.10 Å². The zero-order valence-electron chi connectivity index (χ0n) is 40.6. The van der Waals surface area contributed by atoms with Crippen LogP contribution in [-0.2, 0) is 28.6 Å². The number of nitrogens with zero attached hydrogens (tertiary/aromatic N) is 1. The minimum atomic E-state index is -1.13. The second kappa shape index (κ2) is 44.2. The molecule has 2 unspecified atom stereocenters. The van der Waals surface area contributed by atoms with Gasteiger partial charge in [-0.2, -0.15) is 0 Å². The average molecular weight is 860 g/mol. The predicted molar refractivity (Wildman–Crippen MR) is 254 cm³/mol. The zero-order chi connectivity index (χ0) is 44.9. The molecule has 356 valence electrons. The van der Waals surface area contributed by atoms with Gasteiger partial charge in [0.05, 0.1) is 40.3 Å². The highest BCUT2D eigenvalue weighted by atomic mass is 16.6. The number of rotatable bonds is 46. The lowest BCUT2D eigenvalue weighted by molar-refractivity contribution is -0.889. The number of aliphatic carboxylic acids is 1. The maximum atomic E-state index is 12.7. The Morgan fingerprint density at radius 2 is 0.869 bits per heavy atom. The molecule has 0 rings (SSSR count). The molecule has 0 radical (unpaired) electrons. The summed E-state index contributed by atoms with van der Waals surface area (Å²) >= 11 is 0. The van der Waals surface area contributed by atoms with Crippen molar-refractivity contribution in [3.63, 3.8) is 0 Å². The number of quaternary nitrogens is 1. The molecular weight excluding hydrogens is 763 g/mol. The fourth-order valence-electron chi connectivity index (χ4n) is 7.53. The smallest absolute Gasteiger partial charge is 0.306 e. The largest absolute Gasteiger partial charge is 0.544 e.